The van der Waals surface area contributed by atoms with Crippen molar-refractivity contribution in [3.63, 3.8) is 0 Å². The fraction of sp³-hybridized carbons (Fsp3) is 0.400. The van der Waals surface area contributed by atoms with Crippen LogP contribution < -0.4 is 10.1 Å². The van der Waals surface area contributed by atoms with E-state index in [0.717, 1.165) is 12.2 Å². The van der Waals surface area contributed by atoms with Gasteiger partial charge in [-0.05, 0) is 49.6 Å². The van der Waals surface area contributed by atoms with Gasteiger partial charge in [-0.2, -0.15) is 0 Å². The molecule has 0 aromatic heterocycles. The molecule has 3 unspecified atom stereocenters. The average Bonchev–Trinajstić information content (AvgIpc) is 2.83. The van der Waals surface area contributed by atoms with Crippen LogP contribution in [0.1, 0.15) is 49.5 Å². The number of nitrogens with one attached hydrogen (secondary N) is 1. The average molecular weight is 311 g/mol. The largest absolute Gasteiger partial charge is 0.491 e. The van der Waals surface area contributed by atoms with Gasteiger partial charge in [-0.25, -0.2) is 0 Å². The van der Waals surface area contributed by atoms with E-state index in [9.17, 15) is 5.11 Å². The standard InChI is InChI=1S/C20H25NO2/c1-13(2)23-17-10-8-15(9-11-17)14(3)21-20-18-7-5-4-6-16(18)12-19(20)22/h4-11,13-14,19-22H,12H2,1-3H3. The third-order valence-corrected chi connectivity index (χ3v) is 4.39. The lowest BCUT2D eigenvalue weighted by atomic mass is 10.0. The highest BCUT2D eigenvalue weighted by Crippen LogP contribution is 2.33. The monoisotopic (exact) mass is 311 g/mol. The maximum atomic E-state index is 10.4. The fourth-order valence-corrected chi connectivity index (χ4v) is 3.25. The summed E-state index contributed by atoms with van der Waals surface area (Å²) in [6, 6.07) is 16.6. The third kappa shape index (κ3) is 3.57. The topological polar surface area (TPSA) is 41.5 Å². The molecule has 0 bridgehead atoms. The zero-order valence-corrected chi connectivity index (χ0v) is 14.0. The summed E-state index contributed by atoms with van der Waals surface area (Å²) in [6.07, 6.45) is 0.543. The van der Waals surface area contributed by atoms with Crippen LogP contribution in [0.15, 0.2) is 48.5 Å². The van der Waals surface area contributed by atoms with E-state index >= 15 is 0 Å². The smallest absolute Gasteiger partial charge is 0.119 e. The van der Waals surface area contributed by atoms with Crippen LogP contribution in [0.4, 0.5) is 0 Å². The normalized spacial score (nSPS) is 21.3. The molecule has 0 spiro atoms. The van der Waals surface area contributed by atoms with Crippen molar-refractivity contribution in [2.75, 3.05) is 0 Å². The molecule has 2 aromatic rings. The predicted molar refractivity (Wildman–Crippen MR) is 92.7 cm³/mol. The highest BCUT2D eigenvalue weighted by Gasteiger charge is 2.31. The molecule has 0 aliphatic heterocycles. The highest BCUT2D eigenvalue weighted by molar-refractivity contribution is 5.37. The van der Waals surface area contributed by atoms with Gasteiger partial charge in [0.15, 0.2) is 0 Å². The number of aliphatic hydroxyl groups excluding tert-OH is 1. The summed E-state index contributed by atoms with van der Waals surface area (Å²) in [5, 5.41) is 13.9. The number of aliphatic hydroxyl groups is 1. The first-order chi connectivity index (χ1) is 11.0. The van der Waals surface area contributed by atoms with Crippen LogP contribution in [0.2, 0.25) is 0 Å². The molecular formula is C20H25NO2. The van der Waals surface area contributed by atoms with Gasteiger partial charge in [0.1, 0.15) is 5.75 Å². The maximum absolute atomic E-state index is 10.4. The van der Waals surface area contributed by atoms with Crippen LogP contribution >= 0.6 is 0 Å². The lowest BCUT2D eigenvalue weighted by molar-refractivity contribution is 0.136. The van der Waals surface area contributed by atoms with E-state index in [4.69, 9.17) is 4.74 Å². The molecule has 0 heterocycles. The van der Waals surface area contributed by atoms with Gasteiger partial charge in [-0.3, -0.25) is 0 Å². The predicted octanol–water partition coefficient (Wildman–Crippen LogP) is 3.78. The van der Waals surface area contributed by atoms with Gasteiger partial charge in [0, 0.05) is 12.5 Å². The number of hydrogen-bond acceptors (Lipinski definition) is 3. The summed E-state index contributed by atoms with van der Waals surface area (Å²) < 4.78 is 5.69. The highest BCUT2D eigenvalue weighted by atomic mass is 16.5. The Kier molecular flexibility index (Phi) is 4.69. The second-order valence-electron chi connectivity index (χ2n) is 6.57. The van der Waals surface area contributed by atoms with E-state index in [2.05, 4.69) is 36.5 Å². The lowest BCUT2D eigenvalue weighted by Gasteiger charge is -2.23. The molecule has 0 saturated carbocycles. The number of hydrogen-bond donors (Lipinski definition) is 2. The van der Waals surface area contributed by atoms with E-state index < -0.39 is 0 Å². The summed E-state index contributed by atoms with van der Waals surface area (Å²) in [6.45, 7) is 6.18. The quantitative estimate of drug-likeness (QED) is 0.883. The number of ether oxygens (including phenoxy) is 1. The second-order valence-corrected chi connectivity index (χ2v) is 6.57. The minimum absolute atomic E-state index is 0.00668. The van der Waals surface area contributed by atoms with Crippen LogP contribution in [-0.4, -0.2) is 17.3 Å². The fourth-order valence-electron chi connectivity index (χ4n) is 3.25. The van der Waals surface area contributed by atoms with Gasteiger partial charge in [0.2, 0.25) is 0 Å². The van der Waals surface area contributed by atoms with E-state index in [0.29, 0.717) is 0 Å². The Labute approximate surface area is 138 Å². The summed E-state index contributed by atoms with van der Waals surface area (Å²) in [7, 11) is 0. The number of benzene rings is 2. The molecule has 3 heteroatoms. The first kappa shape index (κ1) is 16.0. The molecule has 1 aliphatic carbocycles. The van der Waals surface area contributed by atoms with Gasteiger partial charge in [0.25, 0.3) is 0 Å². The molecule has 2 aromatic carbocycles. The first-order valence-electron chi connectivity index (χ1n) is 8.33. The van der Waals surface area contributed by atoms with E-state index in [1.165, 1.54) is 16.7 Å². The van der Waals surface area contributed by atoms with Gasteiger partial charge in [0.05, 0.1) is 18.2 Å². The van der Waals surface area contributed by atoms with Crippen molar-refractivity contribution in [1.29, 1.82) is 0 Å². The van der Waals surface area contributed by atoms with Crippen LogP contribution in [0, 0.1) is 0 Å². The van der Waals surface area contributed by atoms with Crippen molar-refractivity contribution in [1.82, 2.24) is 5.32 Å². The van der Waals surface area contributed by atoms with Gasteiger partial charge in [-0.1, -0.05) is 36.4 Å². The molecule has 122 valence electrons. The second kappa shape index (κ2) is 6.73. The van der Waals surface area contributed by atoms with Crippen molar-refractivity contribution in [2.24, 2.45) is 0 Å². The van der Waals surface area contributed by atoms with Crippen molar-refractivity contribution >= 4 is 0 Å². The molecule has 2 N–H and O–H groups in total. The molecule has 23 heavy (non-hydrogen) atoms. The molecule has 0 radical (unpaired) electrons. The van der Waals surface area contributed by atoms with E-state index in [1.807, 2.05) is 38.1 Å². The Morgan fingerprint density at radius 2 is 1.74 bits per heavy atom. The zero-order valence-electron chi connectivity index (χ0n) is 14.0. The number of rotatable bonds is 5. The Morgan fingerprint density at radius 3 is 2.43 bits per heavy atom. The maximum Gasteiger partial charge on any atom is 0.119 e. The summed E-state index contributed by atoms with van der Waals surface area (Å²) in [5.41, 5.74) is 3.65. The van der Waals surface area contributed by atoms with E-state index in [1.54, 1.807) is 0 Å². The third-order valence-electron chi connectivity index (χ3n) is 4.39. The molecule has 0 amide bonds. The first-order valence-corrected chi connectivity index (χ1v) is 8.33. The Hall–Kier alpha value is -1.84. The van der Waals surface area contributed by atoms with Crippen molar-refractivity contribution in [3.8, 4) is 5.75 Å². The van der Waals surface area contributed by atoms with Gasteiger partial charge in [-0.15, -0.1) is 0 Å². The van der Waals surface area contributed by atoms with E-state index in [-0.39, 0.29) is 24.3 Å². The van der Waals surface area contributed by atoms with Crippen molar-refractivity contribution < 1.29 is 9.84 Å². The summed E-state index contributed by atoms with van der Waals surface area (Å²) >= 11 is 0. The Bertz CT molecular complexity index is 651. The molecule has 1 aliphatic rings. The minimum Gasteiger partial charge on any atom is -0.491 e. The molecule has 0 fully saturated rings. The molecule has 3 atom stereocenters. The van der Waals surface area contributed by atoms with Crippen LogP contribution in [0.3, 0.4) is 0 Å². The SMILES string of the molecule is CC(C)Oc1ccc(C(C)NC2c3ccccc3CC2O)cc1. The summed E-state index contributed by atoms with van der Waals surface area (Å²) in [4.78, 5) is 0. The van der Waals surface area contributed by atoms with Crippen LogP contribution in [0.5, 0.6) is 5.75 Å². The zero-order chi connectivity index (χ0) is 16.4. The van der Waals surface area contributed by atoms with Gasteiger partial charge >= 0.3 is 0 Å². The summed E-state index contributed by atoms with van der Waals surface area (Å²) in [5.74, 6) is 0.891. The molecular weight excluding hydrogens is 286 g/mol. The van der Waals surface area contributed by atoms with Crippen molar-refractivity contribution in [3.05, 3.63) is 65.2 Å². The molecule has 0 saturated heterocycles. The van der Waals surface area contributed by atoms with Crippen molar-refractivity contribution in [2.45, 2.75) is 51.5 Å². The minimum atomic E-state index is -0.363. The number of fused-ring (bicyclic) bond motifs is 1. The van der Waals surface area contributed by atoms with Gasteiger partial charge < -0.3 is 15.2 Å². The Balaban J connectivity index is 1.70. The van der Waals surface area contributed by atoms with Crippen LogP contribution in [-0.2, 0) is 6.42 Å². The molecule has 3 rings (SSSR count). The Morgan fingerprint density at radius 1 is 1.04 bits per heavy atom. The van der Waals surface area contributed by atoms with Crippen LogP contribution in [0.25, 0.3) is 0 Å². The molecule has 3 nitrogen and oxygen atoms in total. The lowest BCUT2D eigenvalue weighted by Crippen LogP contribution is -2.30.